The minimum absolute atomic E-state index is 0.0901. The summed E-state index contributed by atoms with van der Waals surface area (Å²) in [4.78, 5) is 16.8. The molecule has 1 fully saturated rings. The number of fused-ring (bicyclic) bond motifs is 1. The second kappa shape index (κ2) is 3.06. The number of hydrogen-bond acceptors (Lipinski definition) is 3. The van der Waals surface area contributed by atoms with Crippen molar-refractivity contribution in [3.63, 3.8) is 0 Å². The second-order valence-electron chi connectivity index (χ2n) is 3.90. The summed E-state index contributed by atoms with van der Waals surface area (Å²) in [6.07, 6.45) is 6.47. The molecule has 1 saturated carbocycles. The number of carbonyl (C=O) groups is 1. The summed E-state index contributed by atoms with van der Waals surface area (Å²) in [5, 5.41) is 8.66. The molecule has 2 heterocycles. The van der Waals surface area contributed by atoms with Gasteiger partial charge in [-0.25, -0.2) is 4.98 Å². The number of aromatic nitrogens is 2. The largest absolute Gasteiger partial charge is 0.481 e. The van der Waals surface area contributed by atoms with Crippen molar-refractivity contribution in [3.8, 4) is 0 Å². The number of thiazole rings is 1. The molecule has 78 valence electrons. The van der Waals surface area contributed by atoms with Crippen molar-refractivity contribution in [1.82, 2.24) is 9.38 Å². The van der Waals surface area contributed by atoms with Crippen molar-refractivity contribution in [2.75, 3.05) is 0 Å². The molecule has 15 heavy (non-hydrogen) atoms. The van der Waals surface area contributed by atoms with Gasteiger partial charge in [0.25, 0.3) is 0 Å². The Morgan fingerprint density at radius 3 is 3.00 bits per heavy atom. The summed E-state index contributed by atoms with van der Waals surface area (Å²) < 4.78 is 1.94. The quantitative estimate of drug-likeness (QED) is 0.863. The number of imidazole rings is 1. The predicted molar refractivity (Wildman–Crippen MR) is 56.4 cm³/mol. The lowest BCUT2D eigenvalue weighted by Gasteiger charge is -1.87. The van der Waals surface area contributed by atoms with Gasteiger partial charge in [0.2, 0.25) is 0 Å². The summed E-state index contributed by atoms with van der Waals surface area (Å²) >= 11 is 1.46. The lowest BCUT2D eigenvalue weighted by Crippen LogP contribution is -1.97. The minimum atomic E-state index is -0.790. The maximum atomic E-state index is 10.5. The summed E-state index contributed by atoms with van der Waals surface area (Å²) in [5.41, 5.74) is 1.16. The SMILES string of the molecule is O=C(O)Cc1cn2cc(C3CC3)nc2s1. The topological polar surface area (TPSA) is 54.6 Å². The van der Waals surface area contributed by atoms with Crippen LogP contribution in [0.1, 0.15) is 29.3 Å². The fraction of sp³-hybridized carbons (Fsp3) is 0.400. The van der Waals surface area contributed by atoms with E-state index in [1.807, 2.05) is 16.8 Å². The highest BCUT2D eigenvalue weighted by Crippen LogP contribution is 2.39. The van der Waals surface area contributed by atoms with Crippen LogP contribution in [0.2, 0.25) is 0 Å². The molecule has 1 aliphatic rings. The van der Waals surface area contributed by atoms with E-state index in [9.17, 15) is 4.79 Å². The minimum Gasteiger partial charge on any atom is -0.481 e. The highest BCUT2D eigenvalue weighted by molar-refractivity contribution is 7.17. The van der Waals surface area contributed by atoms with Gasteiger partial charge in [-0.2, -0.15) is 0 Å². The Bertz CT molecular complexity index is 493. The third-order valence-electron chi connectivity index (χ3n) is 2.54. The van der Waals surface area contributed by atoms with Gasteiger partial charge in [0.05, 0.1) is 12.1 Å². The number of nitrogens with zero attached hydrogens (tertiary/aromatic N) is 2. The zero-order valence-corrected chi connectivity index (χ0v) is 8.83. The molecule has 0 spiro atoms. The summed E-state index contributed by atoms with van der Waals surface area (Å²) in [5.74, 6) is -0.137. The van der Waals surface area contributed by atoms with Crippen LogP contribution in [0.4, 0.5) is 0 Å². The molecule has 1 N–H and O–H groups in total. The predicted octanol–water partition coefficient (Wildman–Crippen LogP) is 1.90. The van der Waals surface area contributed by atoms with E-state index < -0.39 is 5.97 Å². The van der Waals surface area contributed by atoms with Gasteiger partial charge in [0, 0.05) is 23.2 Å². The lowest BCUT2D eigenvalue weighted by molar-refractivity contribution is -0.136. The second-order valence-corrected chi connectivity index (χ2v) is 4.99. The van der Waals surface area contributed by atoms with Gasteiger partial charge in [-0.05, 0) is 12.8 Å². The Morgan fingerprint density at radius 2 is 2.40 bits per heavy atom. The van der Waals surface area contributed by atoms with Gasteiger partial charge < -0.3 is 5.11 Å². The molecule has 0 saturated heterocycles. The number of carboxylic acid groups (broad SMARTS) is 1. The number of rotatable bonds is 3. The van der Waals surface area contributed by atoms with Gasteiger partial charge in [-0.15, -0.1) is 11.3 Å². The normalized spacial score (nSPS) is 16.0. The number of aliphatic carboxylic acids is 1. The first-order chi connectivity index (χ1) is 7.22. The fourth-order valence-corrected chi connectivity index (χ4v) is 2.63. The zero-order valence-electron chi connectivity index (χ0n) is 8.01. The number of carboxylic acids is 1. The summed E-state index contributed by atoms with van der Waals surface area (Å²) in [6.45, 7) is 0. The van der Waals surface area contributed by atoms with Crippen LogP contribution >= 0.6 is 11.3 Å². The standard InChI is InChI=1S/C10H10N2O2S/c13-9(14)3-7-4-12-5-8(6-1-2-6)11-10(12)15-7/h4-6H,1-3H2,(H,13,14). The van der Waals surface area contributed by atoms with Gasteiger partial charge in [0.15, 0.2) is 4.96 Å². The molecule has 5 heteroatoms. The molecule has 0 unspecified atom stereocenters. The smallest absolute Gasteiger partial charge is 0.308 e. The maximum Gasteiger partial charge on any atom is 0.308 e. The molecular formula is C10H10N2O2S. The Hall–Kier alpha value is -1.36. The van der Waals surface area contributed by atoms with E-state index in [2.05, 4.69) is 4.98 Å². The van der Waals surface area contributed by atoms with Gasteiger partial charge >= 0.3 is 5.97 Å². The van der Waals surface area contributed by atoms with Crippen LogP contribution in [0.5, 0.6) is 0 Å². The molecular weight excluding hydrogens is 212 g/mol. The Balaban J connectivity index is 1.94. The monoisotopic (exact) mass is 222 g/mol. The molecule has 3 rings (SSSR count). The third kappa shape index (κ3) is 1.63. The number of hydrogen-bond donors (Lipinski definition) is 1. The van der Waals surface area contributed by atoms with Crippen molar-refractivity contribution in [3.05, 3.63) is 23.0 Å². The van der Waals surface area contributed by atoms with E-state index in [-0.39, 0.29) is 6.42 Å². The van der Waals surface area contributed by atoms with Crippen molar-refractivity contribution in [2.45, 2.75) is 25.2 Å². The molecule has 0 atom stereocenters. The summed E-state index contributed by atoms with van der Waals surface area (Å²) in [6, 6.07) is 0. The van der Waals surface area contributed by atoms with Crippen molar-refractivity contribution in [1.29, 1.82) is 0 Å². The van der Waals surface area contributed by atoms with Crippen molar-refractivity contribution in [2.24, 2.45) is 0 Å². The average Bonchev–Trinajstić information content (AvgIpc) is 2.81. The first kappa shape index (κ1) is 8.91. The van der Waals surface area contributed by atoms with Crippen molar-refractivity contribution < 1.29 is 9.90 Å². The molecule has 0 radical (unpaired) electrons. The van der Waals surface area contributed by atoms with Crippen LogP contribution in [-0.4, -0.2) is 20.5 Å². The van der Waals surface area contributed by atoms with E-state index >= 15 is 0 Å². The van der Waals surface area contributed by atoms with Crippen molar-refractivity contribution >= 4 is 22.3 Å². The molecule has 0 aliphatic heterocycles. The van der Waals surface area contributed by atoms with Crippen LogP contribution in [0.3, 0.4) is 0 Å². The lowest BCUT2D eigenvalue weighted by atomic mass is 10.3. The molecule has 2 aromatic rings. The Labute approximate surface area is 90.2 Å². The van der Waals surface area contributed by atoms with E-state index in [1.54, 1.807) is 0 Å². The van der Waals surface area contributed by atoms with Crippen LogP contribution in [0.15, 0.2) is 12.4 Å². The van der Waals surface area contributed by atoms with Crippen LogP contribution in [-0.2, 0) is 11.2 Å². The molecule has 4 nitrogen and oxygen atoms in total. The van der Waals surface area contributed by atoms with E-state index in [1.165, 1.54) is 24.2 Å². The molecule has 0 amide bonds. The maximum absolute atomic E-state index is 10.5. The van der Waals surface area contributed by atoms with Gasteiger partial charge in [-0.1, -0.05) is 0 Å². The first-order valence-corrected chi connectivity index (χ1v) is 5.73. The Kier molecular flexibility index (Phi) is 1.82. The fourth-order valence-electron chi connectivity index (χ4n) is 1.67. The summed E-state index contributed by atoms with van der Waals surface area (Å²) in [7, 11) is 0. The highest BCUT2D eigenvalue weighted by atomic mass is 32.1. The zero-order chi connectivity index (χ0) is 10.4. The van der Waals surface area contributed by atoms with Gasteiger partial charge in [0.1, 0.15) is 0 Å². The molecule has 2 aromatic heterocycles. The van der Waals surface area contributed by atoms with E-state index in [0.717, 1.165) is 15.5 Å². The van der Waals surface area contributed by atoms with Crippen LogP contribution < -0.4 is 0 Å². The first-order valence-electron chi connectivity index (χ1n) is 4.91. The van der Waals surface area contributed by atoms with E-state index in [4.69, 9.17) is 5.11 Å². The highest BCUT2D eigenvalue weighted by Gasteiger charge is 2.26. The van der Waals surface area contributed by atoms with Crippen LogP contribution in [0, 0.1) is 0 Å². The average molecular weight is 222 g/mol. The van der Waals surface area contributed by atoms with Crippen LogP contribution in [0.25, 0.3) is 4.96 Å². The Morgan fingerprint density at radius 1 is 1.60 bits per heavy atom. The molecule has 0 aromatic carbocycles. The van der Waals surface area contributed by atoms with Gasteiger partial charge in [-0.3, -0.25) is 9.20 Å². The molecule has 0 bridgehead atoms. The van der Waals surface area contributed by atoms with E-state index in [0.29, 0.717) is 5.92 Å². The molecule has 1 aliphatic carbocycles. The third-order valence-corrected chi connectivity index (χ3v) is 3.54.